The van der Waals surface area contributed by atoms with Gasteiger partial charge in [-0.3, -0.25) is 14.5 Å². The zero-order valence-corrected chi connectivity index (χ0v) is 16.9. The second-order valence-electron chi connectivity index (χ2n) is 6.03. The summed E-state index contributed by atoms with van der Waals surface area (Å²) < 4.78 is 24.4. The maximum atomic E-state index is 13.3. The lowest BCUT2D eigenvalue weighted by molar-refractivity contribution is -0.122. The minimum absolute atomic E-state index is 0.0427. The second-order valence-corrected chi connectivity index (χ2v) is 7.02. The Morgan fingerprint density at radius 3 is 2.55 bits per heavy atom. The van der Waals surface area contributed by atoms with Crippen LogP contribution in [0.25, 0.3) is 6.08 Å². The smallest absolute Gasteiger partial charge is 0.295 e. The van der Waals surface area contributed by atoms with E-state index >= 15 is 0 Å². The molecular weight excluding hydrogens is 395 g/mol. The fourth-order valence-electron chi connectivity index (χ4n) is 2.71. The van der Waals surface area contributed by atoms with Crippen molar-refractivity contribution in [2.45, 2.75) is 13.8 Å². The van der Waals surface area contributed by atoms with Crippen LogP contribution < -0.4 is 14.8 Å². The van der Waals surface area contributed by atoms with Crippen molar-refractivity contribution in [3.8, 4) is 11.5 Å². The van der Waals surface area contributed by atoms with Crippen molar-refractivity contribution in [2.75, 3.05) is 25.2 Å². The average Bonchev–Trinajstić information content (AvgIpc) is 2.95. The number of amides is 2. The van der Waals surface area contributed by atoms with E-state index in [2.05, 4.69) is 5.32 Å². The van der Waals surface area contributed by atoms with Crippen molar-refractivity contribution >= 4 is 34.7 Å². The molecule has 8 heteroatoms. The number of nitrogens with one attached hydrogen (secondary N) is 1. The van der Waals surface area contributed by atoms with E-state index in [-0.39, 0.29) is 11.9 Å². The Hall–Kier alpha value is -3.00. The molecule has 0 radical (unpaired) electrons. The Balaban J connectivity index is 1.74. The second kappa shape index (κ2) is 9.47. The Labute approximate surface area is 172 Å². The number of imide groups is 1. The third-order valence-electron chi connectivity index (χ3n) is 4.00. The van der Waals surface area contributed by atoms with E-state index in [4.69, 9.17) is 9.47 Å². The highest BCUT2D eigenvalue weighted by molar-refractivity contribution is 8.18. The minimum atomic E-state index is -0.407. The molecule has 1 aliphatic rings. The molecule has 1 heterocycles. The van der Waals surface area contributed by atoms with Crippen molar-refractivity contribution in [1.82, 2.24) is 4.90 Å². The lowest BCUT2D eigenvalue weighted by atomic mass is 10.2. The summed E-state index contributed by atoms with van der Waals surface area (Å²) in [6.07, 6.45) is 1.64. The molecule has 2 amide bonds. The lowest BCUT2D eigenvalue weighted by Gasteiger charge is -2.14. The van der Waals surface area contributed by atoms with E-state index in [0.717, 1.165) is 22.2 Å². The monoisotopic (exact) mass is 416 g/mol. The summed E-state index contributed by atoms with van der Waals surface area (Å²) in [6.45, 7) is 4.71. The summed E-state index contributed by atoms with van der Waals surface area (Å²) in [7, 11) is 0. The average molecular weight is 416 g/mol. The lowest BCUT2D eigenvalue weighted by Crippen LogP contribution is -2.33. The van der Waals surface area contributed by atoms with Gasteiger partial charge in [0.25, 0.3) is 11.1 Å². The SMILES string of the molecule is CCOc1ccc(/C=C2/SC(=O)N(CNc3cccc(F)c3)C2=O)cc1OCC. The number of halogens is 1. The zero-order chi connectivity index (χ0) is 20.8. The van der Waals surface area contributed by atoms with E-state index in [9.17, 15) is 14.0 Å². The first-order chi connectivity index (χ1) is 14.0. The summed E-state index contributed by atoms with van der Waals surface area (Å²) in [6, 6.07) is 11.2. The number of ether oxygens (including phenoxy) is 2. The molecule has 0 atom stereocenters. The number of nitrogens with zero attached hydrogens (tertiary/aromatic N) is 1. The number of benzene rings is 2. The Morgan fingerprint density at radius 1 is 1.07 bits per heavy atom. The fourth-order valence-corrected chi connectivity index (χ4v) is 3.55. The molecule has 0 unspecified atom stereocenters. The largest absolute Gasteiger partial charge is 0.490 e. The molecule has 6 nitrogen and oxygen atoms in total. The van der Waals surface area contributed by atoms with Crippen LogP contribution in [0.4, 0.5) is 14.9 Å². The normalized spacial score (nSPS) is 15.1. The summed E-state index contributed by atoms with van der Waals surface area (Å²) in [5, 5.41) is 2.50. The van der Waals surface area contributed by atoms with Crippen molar-refractivity contribution < 1.29 is 23.5 Å². The Morgan fingerprint density at radius 2 is 1.83 bits per heavy atom. The van der Waals surface area contributed by atoms with Gasteiger partial charge in [0.2, 0.25) is 0 Å². The van der Waals surface area contributed by atoms with E-state index < -0.39 is 11.7 Å². The predicted octanol–water partition coefficient (Wildman–Crippen LogP) is 4.73. The van der Waals surface area contributed by atoms with Crippen LogP contribution in [0.15, 0.2) is 47.4 Å². The number of thioether (sulfide) groups is 1. The third-order valence-corrected chi connectivity index (χ3v) is 4.91. The highest BCUT2D eigenvalue weighted by Crippen LogP contribution is 2.34. The summed E-state index contributed by atoms with van der Waals surface area (Å²) in [4.78, 5) is 26.3. The van der Waals surface area contributed by atoms with Crippen LogP contribution in [0.1, 0.15) is 19.4 Å². The van der Waals surface area contributed by atoms with Crippen LogP contribution in [-0.2, 0) is 4.79 Å². The van der Waals surface area contributed by atoms with Gasteiger partial charge in [-0.1, -0.05) is 12.1 Å². The topological polar surface area (TPSA) is 67.9 Å². The number of rotatable bonds is 8. The van der Waals surface area contributed by atoms with Crippen LogP contribution >= 0.6 is 11.8 Å². The van der Waals surface area contributed by atoms with Gasteiger partial charge in [-0.15, -0.1) is 0 Å². The van der Waals surface area contributed by atoms with Crippen molar-refractivity contribution in [3.63, 3.8) is 0 Å². The van der Waals surface area contributed by atoms with Gasteiger partial charge in [0.05, 0.1) is 24.8 Å². The molecule has 0 aliphatic carbocycles. The molecule has 0 bridgehead atoms. The first kappa shape index (κ1) is 20.7. The summed E-state index contributed by atoms with van der Waals surface area (Å²) >= 11 is 0.861. The molecule has 1 N–H and O–H groups in total. The number of anilines is 1. The van der Waals surface area contributed by atoms with E-state index in [0.29, 0.717) is 35.3 Å². The van der Waals surface area contributed by atoms with Gasteiger partial charge >= 0.3 is 0 Å². The highest BCUT2D eigenvalue weighted by atomic mass is 32.2. The Bertz CT molecular complexity index is 948. The van der Waals surface area contributed by atoms with Gasteiger partial charge in [0.1, 0.15) is 5.82 Å². The molecule has 0 aromatic heterocycles. The minimum Gasteiger partial charge on any atom is -0.490 e. The molecule has 0 saturated carbocycles. The van der Waals surface area contributed by atoms with Gasteiger partial charge in [-0.25, -0.2) is 4.39 Å². The number of carbonyl (C=O) groups is 2. The molecule has 1 saturated heterocycles. The molecule has 0 spiro atoms. The number of carbonyl (C=O) groups excluding carboxylic acids is 2. The predicted molar refractivity (Wildman–Crippen MR) is 111 cm³/mol. The molecule has 1 aliphatic heterocycles. The van der Waals surface area contributed by atoms with Crippen molar-refractivity contribution in [3.05, 3.63) is 58.8 Å². The molecule has 152 valence electrons. The van der Waals surface area contributed by atoms with E-state index in [1.165, 1.54) is 12.1 Å². The van der Waals surface area contributed by atoms with Gasteiger partial charge in [0, 0.05) is 5.69 Å². The number of hydrogen-bond acceptors (Lipinski definition) is 6. The van der Waals surface area contributed by atoms with Gasteiger partial charge in [-0.05, 0) is 67.6 Å². The first-order valence-electron chi connectivity index (χ1n) is 9.16. The quantitative estimate of drug-likeness (QED) is 0.628. The molecule has 1 fully saturated rings. The number of hydrogen-bond donors (Lipinski definition) is 1. The summed E-state index contributed by atoms with van der Waals surface area (Å²) in [5.41, 5.74) is 1.21. The van der Waals surface area contributed by atoms with Crippen molar-refractivity contribution in [1.29, 1.82) is 0 Å². The fraction of sp³-hybridized carbons (Fsp3) is 0.238. The molecule has 2 aromatic carbocycles. The maximum absolute atomic E-state index is 13.3. The van der Waals surface area contributed by atoms with E-state index in [1.54, 1.807) is 36.4 Å². The first-order valence-corrected chi connectivity index (χ1v) is 9.98. The Kier molecular flexibility index (Phi) is 6.77. The molecular formula is C21H21FN2O4S. The van der Waals surface area contributed by atoms with E-state index in [1.807, 2.05) is 13.8 Å². The molecule has 3 rings (SSSR count). The van der Waals surface area contributed by atoms with Crippen LogP contribution in [0.2, 0.25) is 0 Å². The molecule has 2 aromatic rings. The van der Waals surface area contributed by atoms with Crippen LogP contribution in [0, 0.1) is 5.82 Å². The molecule has 29 heavy (non-hydrogen) atoms. The van der Waals surface area contributed by atoms with Crippen LogP contribution in [-0.4, -0.2) is 35.9 Å². The highest BCUT2D eigenvalue weighted by Gasteiger charge is 2.34. The van der Waals surface area contributed by atoms with Crippen molar-refractivity contribution in [2.24, 2.45) is 0 Å². The van der Waals surface area contributed by atoms with Crippen LogP contribution in [0.3, 0.4) is 0 Å². The van der Waals surface area contributed by atoms with Crippen LogP contribution in [0.5, 0.6) is 11.5 Å². The summed E-state index contributed by atoms with van der Waals surface area (Å²) in [5.74, 6) is 0.398. The maximum Gasteiger partial charge on any atom is 0.295 e. The van der Waals surface area contributed by atoms with Gasteiger partial charge < -0.3 is 14.8 Å². The zero-order valence-electron chi connectivity index (χ0n) is 16.1. The third kappa shape index (κ3) is 5.08. The van der Waals surface area contributed by atoms with Gasteiger partial charge in [-0.2, -0.15) is 0 Å². The van der Waals surface area contributed by atoms with Gasteiger partial charge in [0.15, 0.2) is 11.5 Å². The standard InChI is InChI=1S/C21H21FN2O4S/c1-3-27-17-9-8-14(10-18(17)28-4-2)11-19-20(25)24(21(26)29-19)13-23-16-7-5-6-15(22)12-16/h5-12,23H,3-4,13H2,1-2H3/b19-11+.